The number of halogens is 2. The molecule has 0 bridgehead atoms. The molecule has 3 N–H and O–H groups in total. The van der Waals surface area contributed by atoms with Gasteiger partial charge < -0.3 is 19.7 Å². The highest BCUT2D eigenvalue weighted by Gasteiger charge is 2.70. The van der Waals surface area contributed by atoms with E-state index >= 15 is 4.79 Å². The van der Waals surface area contributed by atoms with Crippen LogP contribution in [0.2, 0.25) is 5.02 Å². The molecule has 282 valence electrons. The second kappa shape index (κ2) is 13.8. The number of hydrazine groups is 1. The average Bonchev–Trinajstić information content (AvgIpc) is 3.56. The number of likely N-dealkylation sites (tertiary alicyclic amines) is 1. The van der Waals surface area contributed by atoms with Crippen LogP contribution in [0.1, 0.15) is 35.4 Å². The monoisotopic (exact) mass is 765 g/mol. The number of carbonyl (C=O) groups is 4. The topological polar surface area (TPSA) is 146 Å². The van der Waals surface area contributed by atoms with Crippen molar-refractivity contribution in [3.05, 3.63) is 124 Å². The maximum Gasteiger partial charge on any atom is 0.260 e. The van der Waals surface area contributed by atoms with Crippen molar-refractivity contribution in [1.29, 1.82) is 0 Å². The van der Waals surface area contributed by atoms with Gasteiger partial charge in [-0.05, 0) is 103 Å². The Morgan fingerprint density at radius 2 is 1.51 bits per heavy atom. The smallest absolute Gasteiger partial charge is 0.260 e. The lowest BCUT2D eigenvalue weighted by atomic mass is 9.49. The molecule has 6 atom stereocenters. The second-order valence-electron chi connectivity index (χ2n) is 14.4. The number of hydrogen-bond donors (Lipinski definition) is 3. The third-order valence-corrected chi connectivity index (χ3v) is 12.0. The minimum atomic E-state index is -1.62. The van der Waals surface area contributed by atoms with Crippen molar-refractivity contribution in [2.45, 2.75) is 30.6 Å². The van der Waals surface area contributed by atoms with E-state index in [0.717, 1.165) is 10.6 Å². The van der Waals surface area contributed by atoms with Crippen molar-refractivity contribution in [2.24, 2.45) is 23.7 Å². The van der Waals surface area contributed by atoms with Gasteiger partial charge in [-0.1, -0.05) is 47.5 Å². The fourth-order valence-corrected chi connectivity index (χ4v) is 9.43. The lowest BCUT2D eigenvalue weighted by Crippen LogP contribution is -2.53. The van der Waals surface area contributed by atoms with E-state index < -0.39 is 52.6 Å². The predicted molar refractivity (Wildman–Crippen MR) is 199 cm³/mol. The van der Waals surface area contributed by atoms with Crippen molar-refractivity contribution >= 4 is 40.9 Å². The number of phenolic OH excluding ortho intramolecular Hbond substituents is 2. The Balaban J connectivity index is 1.29. The van der Waals surface area contributed by atoms with Gasteiger partial charge in [-0.2, -0.15) is 5.01 Å². The molecule has 0 radical (unpaired) electrons. The maximum atomic E-state index is 15.4. The van der Waals surface area contributed by atoms with E-state index in [9.17, 15) is 29.0 Å². The van der Waals surface area contributed by atoms with Crippen molar-refractivity contribution in [3.63, 3.8) is 0 Å². The number of methoxy groups -OCH3 is 2. The zero-order valence-corrected chi connectivity index (χ0v) is 30.6. The number of allylic oxidation sites excluding steroid dienone is 2. The van der Waals surface area contributed by atoms with Gasteiger partial charge in [0.25, 0.3) is 11.8 Å². The number of phenols is 2. The minimum absolute atomic E-state index is 0.0650. The first kappa shape index (κ1) is 36.1. The number of fused-ring (bicyclic) bond motifs is 4. The zero-order valence-electron chi connectivity index (χ0n) is 29.9. The van der Waals surface area contributed by atoms with Crippen molar-refractivity contribution in [1.82, 2.24) is 9.91 Å². The molecule has 4 aromatic carbocycles. The van der Waals surface area contributed by atoms with Gasteiger partial charge in [-0.15, -0.1) is 0 Å². The second-order valence-corrected chi connectivity index (χ2v) is 14.8. The van der Waals surface area contributed by atoms with Gasteiger partial charge in [0.2, 0.25) is 17.6 Å². The van der Waals surface area contributed by atoms with Gasteiger partial charge in [0.05, 0.1) is 43.1 Å². The van der Waals surface area contributed by atoms with Crippen LogP contribution in [0.4, 0.5) is 10.1 Å². The molecule has 2 saturated heterocycles. The minimum Gasteiger partial charge on any atom is -0.508 e. The van der Waals surface area contributed by atoms with Crippen molar-refractivity contribution in [2.75, 3.05) is 26.2 Å². The first-order valence-electron chi connectivity index (χ1n) is 17.9. The standard InChI is InChI=1S/C42H37ClFN3O8/c1-54-33-19-23(20-34(55-2)37(33)49)36-29-15-16-30-35(40(52)46(38(30)50)18-17-22-3-13-28(48)14-4-22)31(29)21-32-39(51)47(45-27-11-9-26(44)10-12-27)41(53)42(32,36)24-5-7-25(43)8-6-24/h3-15,19-20,30-32,35-36,45,48-49H,16-18,21H2,1-2H3. The SMILES string of the molecule is COc1cc(C2C3=CCC4C(=O)N(CCc5ccc(O)cc5)C(=O)C4C3CC3C(=O)N(Nc4ccc(F)cc4)C(=O)C32c2ccc(Cl)cc2)cc(OC)c1O. The largest absolute Gasteiger partial charge is 0.508 e. The van der Waals surface area contributed by atoms with Crippen LogP contribution in [-0.2, 0) is 31.0 Å². The van der Waals surface area contributed by atoms with Crippen LogP contribution < -0.4 is 14.9 Å². The number of rotatable bonds is 9. The molecule has 1 saturated carbocycles. The van der Waals surface area contributed by atoms with Gasteiger partial charge in [0.15, 0.2) is 11.5 Å². The lowest BCUT2D eigenvalue weighted by molar-refractivity contribution is -0.141. The fourth-order valence-electron chi connectivity index (χ4n) is 9.30. The highest BCUT2D eigenvalue weighted by molar-refractivity contribution is 6.30. The van der Waals surface area contributed by atoms with E-state index in [1.54, 1.807) is 60.7 Å². The van der Waals surface area contributed by atoms with Gasteiger partial charge >= 0.3 is 0 Å². The van der Waals surface area contributed by atoms with Crippen molar-refractivity contribution < 1.29 is 43.3 Å². The molecule has 8 rings (SSSR count). The van der Waals surface area contributed by atoms with E-state index in [2.05, 4.69) is 5.43 Å². The third kappa shape index (κ3) is 5.69. The molecule has 4 aliphatic rings. The molecule has 3 fully saturated rings. The number of amides is 4. The summed E-state index contributed by atoms with van der Waals surface area (Å²) in [4.78, 5) is 60.0. The maximum absolute atomic E-state index is 15.4. The number of ether oxygens (including phenoxy) is 2. The summed E-state index contributed by atoms with van der Waals surface area (Å²) in [6.07, 6.45) is 2.60. The first-order valence-corrected chi connectivity index (χ1v) is 18.3. The average molecular weight is 766 g/mol. The van der Waals surface area contributed by atoms with Crippen LogP contribution in [0, 0.1) is 29.5 Å². The van der Waals surface area contributed by atoms with Crippen LogP contribution >= 0.6 is 11.6 Å². The summed E-state index contributed by atoms with van der Waals surface area (Å²) >= 11 is 6.38. The Kier molecular flexibility index (Phi) is 9.03. The highest BCUT2D eigenvalue weighted by atomic mass is 35.5. The molecule has 2 aliphatic heterocycles. The van der Waals surface area contributed by atoms with Gasteiger partial charge in [0, 0.05) is 17.5 Å². The summed E-state index contributed by atoms with van der Waals surface area (Å²) < 4.78 is 25.1. The number of nitrogens with zero attached hydrogens (tertiary/aromatic N) is 2. The fraction of sp³-hybridized carbons (Fsp3) is 0.286. The van der Waals surface area contributed by atoms with Gasteiger partial charge in [-0.3, -0.25) is 29.5 Å². The van der Waals surface area contributed by atoms with Crippen LogP contribution in [0.5, 0.6) is 23.0 Å². The highest BCUT2D eigenvalue weighted by Crippen LogP contribution is 2.64. The van der Waals surface area contributed by atoms with E-state index in [-0.39, 0.29) is 54.2 Å². The summed E-state index contributed by atoms with van der Waals surface area (Å²) in [5, 5.41) is 22.1. The molecule has 4 amide bonds. The molecule has 55 heavy (non-hydrogen) atoms. The van der Waals surface area contributed by atoms with Crippen LogP contribution in [0.25, 0.3) is 0 Å². The van der Waals surface area contributed by atoms with Gasteiger partial charge in [-0.25, -0.2) is 4.39 Å². The van der Waals surface area contributed by atoms with Gasteiger partial charge in [0.1, 0.15) is 11.6 Å². The Morgan fingerprint density at radius 3 is 2.15 bits per heavy atom. The number of anilines is 1. The molecular formula is C42H37ClFN3O8. The van der Waals surface area contributed by atoms with Crippen LogP contribution in [-0.4, -0.2) is 64.5 Å². The quantitative estimate of drug-likeness (QED) is 0.135. The predicted octanol–water partition coefficient (Wildman–Crippen LogP) is 6.14. The Labute approximate surface area is 320 Å². The molecule has 11 nitrogen and oxygen atoms in total. The Bertz CT molecular complexity index is 2220. The number of hydrogen-bond acceptors (Lipinski definition) is 9. The number of aromatic hydroxyl groups is 2. The number of nitrogens with one attached hydrogen (secondary N) is 1. The molecule has 0 aromatic heterocycles. The zero-order chi connectivity index (χ0) is 38.8. The Hall–Kier alpha value is -5.88. The number of benzene rings is 4. The normalized spacial score (nSPS) is 25.7. The van der Waals surface area contributed by atoms with Crippen LogP contribution in [0.3, 0.4) is 0 Å². The van der Waals surface area contributed by atoms with E-state index in [1.807, 2.05) is 6.08 Å². The first-order chi connectivity index (χ1) is 26.5. The molecule has 2 aliphatic carbocycles. The summed E-state index contributed by atoms with van der Waals surface area (Å²) in [6, 6.07) is 21.8. The summed E-state index contributed by atoms with van der Waals surface area (Å²) in [5.41, 5.74) is 4.12. The Morgan fingerprint density at radius 1 is 0.855 bits per heavy atom. The third-order valence-electron chi connectivity index (χ3n) is 11.7. The van der Waals surface area contributed by atoms with Crippen LogP contribution in [0.15, 0.2) is 96.6 Å². The summed E-state index contributed by atoms with van der Waals surface area (Å²) in [7, 11) is 2.77. The summed E-state index contributed by atoms with van der Waals surface area (Å²) in [6.45, 7) is 0.137. The molecule has 6 unspecified atom stereocenters. The summed E-state index contributed by atoms with van der Waals surface area (Å²) in [5.74, 6) is -6.38. The molecular weight excluding hydrogens is 729 g/mol. The molecule has 4 aromatic rings. The van der Waals surface area contributed by atoms with E-state index in [0.29, 0.717) is 33.8 Å². The number of imide groups is 2. The molecule has 0 spiro atoms. The van der Waals surface area contributed by atoms with Crippen molar-refractivity contribution in [3.8, 4) is 23.0 Å². The molecule has 13 heteroatoms. The van der Waals surface area contributed by atoms with E-state index in [4.69, 9.17) is 21.1 Å². The van der Waals surface area contributed by atoms with E-state index in [1.165, 1.54) is 43.4 Å². The number of carbonyl (C=O) groups excluding carboxylic acids is 4. The molecule has 2 heterocycles. The lowest BCUT2D eigenvalue weighted by Gasteiger charge is -2.50.